The molecular formula is C16H25N3S. The first-order chi connectivity index (χ1) is 9.47. The van der Waals surface area contributed by atoms with Crippen molar-refractivity contribution in [1.29, 1.82) is 0 Å². The molecule has 3 nitrogen and oxygen atoms in total. The average Bonchev–Trinajstić information content (AvgIpc) is 2.43. The second kappa shape index (κ2) is 6.55. The molecule has 0 saturated carbocycles. The quantitative estimate of drug-likeness (QED) is 0.844. The van der Waals surface area contributed by atoms with E-state index in [2.05, 4.69) is 61.3 Å². The van der Waals surface area contributed by atoms with Gasteiger partial charge in [0.15, 0.2) is 5.11 Å². The summed E-state index contributed by atoms with van der Waals surface area (Å²) >= 11 is 5.57. The Morgan fingerprint density at radius 3 is 2.60 bits per heavy atom. The molecule has 1 saturated heterocycles. The number of anilines is 1. The Labute approximate surface area is 128 Å². The summed E-state index contributed by atoms with van der Waals surface area (Å²) < 4.78 is 0. The first kappa shape index (κ1) is 15.3. The Hall–Kier alpha value is -1.13. The van der Waals surface area contributed by atoms with Crippen LogP contribution in [0.4, 0.5) is 5.69 Å². The molecule has 1 aliphatic heterocycles. The lowest BCUT2D eigenvalue weighted by Gasteiger charge is -2.36. The smallest absolute Gasteiger partial charge is 0.173 e. The van der Waals surface area contributed by atoms with Crippen LogP contribution in [0.2, 0.25) is 0 Å². The van der Waals surface area contributed by atoms with Crippen LogP contribution in [-0.2, 0) is 0 Å². The highest BCUT2D eigenvalue weighted by molar-refractivity contribution is 7.80. The summed E-state index contributed by atoms with van der Waals surface area (Å²) in [7, 11) is 4.29. The van der Waals surface area contributed by atoms with Gasteiger partial charge in [-0.1, -0.05) is 12.1 Å². The monoisotopic (exact) mass is 291 g/mol. The number of nitrogens with zero attached hydrogens (tertiary/aromatic N) is 2. The van der Waals surface area contributed by atoms with Crippen molar-refractivity contribution in [3.8, 4) is 0 Å². The Bertz CT molecular complexity index is 479. The standard InChI is InChI=1S/C16H25N3S/c1-12-5-6-13(2)15(11-12)17-16(20)19(4)14-7-9-18(3)10-8-14/h5-6,11,14H,7-10H2,1-4H3,(H,17,20). The predicted molar refractivity (Wildman–Crippen MR) is 90.4 cm³/mol. The number of aryl methyl sites for hydroxylation is 2. The lowest BCUT2D eigenvalue weighted by molar-refractivity contribution is 0.193. The molecule has 0 aromatic heterocycles. The summed E-state index contributed by atoms with van der Waals surface area (Å²) in [4.78, 5) is 4.61. The predicted octanol–water partition coefficient (Wildman–Crippen LogP) is 3.03. The number of hydrogen-bond acceptors (Lipinski definition) is 2. The Morgan fingerprint density at radius 1 is 1.30 bits per heavy atom. The van der Waals surface area contributed by atoms with E-state index in [1.807, 2.05) is 0 Å². The van der Waals surface area contributed by atoms with Crippen molar-refractivity contribution in [3.63, 3.8) is 0 Å². The van der Waals surface area contributed by atoms with Crippen LogP contribution in [0.1, 0.15) is 24.0 Å². The normalized spacial score (nSPS) is 17.0. The molecule has 4 heteroatoms. The highest BCUT2D eigenvalue weighted by Gasteiger charge is 2.22. The third-order valence-electron chi connectivity index (χ3n) is 4.19. The van der Waals surface area contributed by atoms with Crippen LogP contribution in [0.25, 0.3) is 0 Å². The fourth-order valence-electron chi connectivity index (χ4n) is 2.62. The van der Waals surface area contributed by atoms with Crippen molar-refractivity contribution in [2.24, 2.45) is 0 Å². The molecule has 0 bridgehead atoms. The number of thiocarbonyl (C=S) groups is 1. The molecule has 0 spiro atoms. The lowest BCUT2D eigenvalue weighted by atomic mass is 10.0. The first-order valence-corrected chi connectivity index (χ1v) is 7.68. The van der Waals surface area contributed by atoms with Gasteiger partial charge >= 0.3 is 0 Å². The van der Waals surface area contributed by atoms with Crippen LogP contribution < -0.4 is 5.32 Å². The summed E-state index contributed by atoms with van der Waals surface area (Å²) in [6.07, 6.45) is 2.36. The number of hydrogen-bond donors (Lipinski definition) is 1. The van der Waals surface area contributed by atoms with Gasteiger partial charge < -0.3 is 15.1 Å². The summed E-state index contributed by atoms with van der Waals surface area (Å²) in [6.45, 7) is 6.52. The maximum absolute atomic E-state index is 5.57. The zero-order valence-electron chi connectivity index (χ0n) is 12.9. The summed E-state index contributed by atoms with van der Waals surface area (Å²) in [6, 6.07) is 6.97. The van der Waals surface area contributed by atoms with E-state index < -0.39 is 0 Å². The highest BCUT2D eigenvalue weighted by Crippen LogP contribution is 2.19. The molecule has 1 N–H and O–H groups in total. The molecule has 1 aliphatic rings. The van der Waals surface area contributed by atoms with E-state index in [9.17, 15) is 0 Å². The van der Waals surface area contributed by atoms with Crippen molar-refractivity contribution in [1.82, 2.24) is 9.80 Å². The largest absolute Gasteiger partial charge is 0.349 e. The number of benzene rings is 1. The number of piperidine rings is 1. The molecule has 1 aromatic rings. The molecule has 0 atom stereocenters. The van der Waals surface area contributed by atoms with Crippen LogP contribution in [0.5, 0.6) is 0 Å². The van der Waals surface area contributed by atoms with Crippen molar-refractivity contribution >= 4 is 23.0 Å². The maximum Gasteiger partial charge on any atom is 0.173 e. The van der Waals surface area contributed by atoms with E-state index in [-0.39, 0.29) is 0 Å². The molecular weight excluding hydrogens is 266 g/mol. The van der Waals surface area contributed by atoms with E-state index in [1.54, 1.807) is 0 Å². The van der Waals surface area contributed by atoms with Crippen molar-refractivity contribution in [2.75, 3.05) is 32.5 Å². The van der Waals surface area contributed by atoms with Crippen LogP contribution in [0.3, 0.4) is 0 Å². The zero-order valence-corrected chi connectivity index (χ0v) is 13.8. The van der Waals surface area contributed by atoms with Gasteiger partial charge in [-0.2, -0.15) is 0 Å². The van der Waals surface area contributed by atoms with Gasteiger partial charge in [-0.3, -0.25) is 0 Å². The molecule has 0 unspecified atom stereocenters. The van der Waals surface area contributed by atoms with E-state index in [0.29, 0.717) is 6.04 Å². The van der Waals surface area contributed by atoms with Gasteiger partial charge in [0.05, 0.1) is 0 Å². The Balaban J connectivity index is 1.99. The highest BCUT2D eigenvalue weighted by atomic mass is 32.1. The van der Waals surface area contributed by atoms with Crippen LogP contribution >= 0.6 is 12.2 Å². The number of likely N-dealkylation sites (tertiary alicyclic amines) is 1. The van der Waals surface area contributed by atoms with Crippen LogP contribution in [0, 0.1) is 13.8 Å². The van der Waals surface area contributed by atoms with Gasteiger partial charge in [0, 0.05) is 18.8 Å². The first-order valence-electron chi connectivity index (χ1n) is 7.27. The van der Waals surface area contributed by atoms with Crippen molar-refractivity contribution in [3.05, 3.63) is 29.3 Å². The molecule has 2 rings (SSSR count). The van der Waals surface area contributed by atoms with E-state index >= 15 is 0 Å². The average molecular weight is 291 g/mol. The van der Waals surface area contributed by atoms with Gasteiger partial charge in [0.25, 0.3) is 0 Å². The molecule has 110 valence electrons. The molecule has 0 radical (unpaired) electrons. The molecule has 0 aliphatic carbocycles. The topological polar surface area (TPSA) is 18.5 Å². The van der Waals surface area contributed by atoms with Crippen LogP contribution in [-0.4, -0.2) is 48.1 Å². The van der Waals surface area contributed by atoms with Crippen molar-refractivity contribution in [2.45, 2.75) is 32.7 Å². The molecule has 20 heavy (non-hydrogen) atoms. The third-order valence-corrected chi connectivity index (χ3v) is 4.58. The summed E-state index contributed by atoms with van der Waals surface area (Å²) in [5.74, 6) is 0. The minimum absolute atomic E-state index is 0.552. The van der Waals surface area contributed by atoms with Crippen molar-refractivity contribution < 1.29 is 0 Å². The molecule has 1 aromatic carbocycles. The van der Waals surface area contributed by atoms with Crippen LogP contribution in [0.15, 0.2) is 18.2 Å². The second-order valence-electron chi connectivity index (χ2n) is 5.89. The second-order valence-corrected chi connectivity index (χ2v) is 6.28. The molecule has 1 heterocycles. The van der Waals surface area contributed by atoms with Gasteiger partial charge in [-0.05, 0) is 76.2 Å². The van der Waals surface area contributed by atoms with Gasteiger partial charge in [0.1, 0.15) is 0 Å². The van der Waals surface area contributed by atoms with E-state index in [0.717, 1.165) is 23.9 Å². The minimum Gasteiger partial charge on any atom is -0.349 e. The zero-order chi connectivity index (χ0) is 14.7. The fraction of sp³-hybridized carbons (Fsp3) is 0.562. The number of nitrogens with one attached hydrogen (secondary N) is 1. The maximum atomic E-state index is 5.57. The molecule has 0 amide bonds. The van der Waals surface area contributed by atoms with Gasteiger partial charge in [-0.15, -0.1) is 0 Å². The lowest BCUT2D eigenvalue weighted by Crippen LogP contribution is -2.45. The summed E-state index contributed by atoms with van der Waals surface area (Å²) in [5, 5.41) is 4.23. The fourth-order valence-corrected chi connectivity index (χ4v) is 2.88. The number of rotatable bonds is 2. The van der Waals surface area contributed by atoms with Gasteiger partial charge in [-0.25, -0.2) is 0 Å². The Morgan fingerprint density at radius 2 is 1.95 bits per heavy atom. The SMILES string of the molecule is Cc1ccc(C)c(NC(=S)N(C)C2CCN(C)CC2)c1. The van der Waals surface area contributed by atoms with E-state index in [4.69, 9.17) is 12.2 Å². The minimum atomic E-state index is 0.552. The third kappa shape index (κ3) is 3.70. The molecule has 1 fully saturated rings. The van der Waals surface area contributed by atoms with Gasteiger partial charge in [0.2, 0.25) is 0 Å². The van der Waals surface area contributed by atoms with E-state index in [1.165, 1.54) is 24.0 Å². The summed E-state index contributed by atoms with van der Waals surface area (Å²) in [5.41, 5.74) is 3.60. The Kier molecular flexibility index (Phi) is 5.00.